The molecule has 1 aliphatic carbocycles. The topological polar surface area (TPSA) is 35.2 Å². The zero-order chi connectivity index (χ0) is 13.2. The van der Waals surface area contributed by atoms with E-state index in [2.05, 4.69) is 32.0 Å². The normalized spacial score (nSPS) is 16.7. The molecule has 0 fully saturated rings. The van der Waals surface area contributed by atoms with Gasteiger partial charge in [0.1, 0.15) is 0 Å². The van der Waals surface area contributed by atoms with E-state index in [0.717, 1.165) is 12.8 Å². The molecule has 0 aliphatic heterocycles. The van der Waals surface area contributed by atoms with Crippen molar-refractivity contribution in [1.29, 1.82) is 0 Å². The molecule has 0 radical (unpaired) electrons. The van der Waals surface area contributed by atoms with Gasteiger partial charge in [-0.15, -0.1) is 0 Å². The van der Waals surface area contributed by atoms with Crippen LogP contribution in [0.5, 0.6) is 0 Å². The number of rotatable bonds is 5. The zero-order valence-corrected chi connectivity index (χ0v) is 11.8. The van der Waals surface area contributed by atoms with Gasteiger partial charge in [0.2, 0.25) is 0 Å². The number of aryl methyl sites for hydroxylation is 2. The molecule has 1 aromatic rings. The van der Waals surface area contributed by atoms with E-state index < -0.39 is 0 Å². The first-order valence-electron chi connectivity index (χ1n) is 6.91. The molecule has 1 atom stereocenters. The van der Waals surface area contributed by atoms with Crippen molar-refractivity contribution < 1.29 is 4.74 Å². The quantitative estimate of drug-likeness (QED) is 0.868. The second-order valence-electron chi connectivity index (χ2n) is 6.09. The van der Waals surface area contributed by atoms with Crippen molar-refractivity contribution in [3.05, 3.63) is 34.9 Å². The summed E-state index contributed by atoms with van der Waals surface area (Å²) in [7, 11) is 1.75. The van der Waals surface area contributed by atoms with Gasteiger partial charge in [-0.25, -0.2) is 0 Å². The molecule has 2 N–H and O–H groups in total. The largest absolute Gasteiger partial charge is 0.379 e. The molecule has 2 rings (SSSR count). The predicted molar refractivity (Wildman–Crippen MR) is 75.9 cm³/mol. The number of ether oxygens (including phenoxy) is 1. The Kier molecular flexibility index (Phi) is 4.08. The van der Waals surface area contributed by atoms with Gasteiger partial charge in [-0.1, -0.05) is 18.2 Å². The summed E-state index contributed by atoms with van der Waals surface area (Å²) in [6.45, 7) is 4.19. The van der Waals surface area contributed by atoms with E-state index >= 15 is 0 Å². The summed E-state index contributed by atoms with van der Waals surface area (Å²) in [5.41, 5.74) is 10.5. The third-order valence-corrected chi connectivity index (χ3v) is 3.97. The number of nitrogens with two attached hydrogens (primary N) is 1. The lowest BCUT2D eigenvalue weighted by Crippen LogP contribution is -2.35. The van der Waals surface area contributed by atoms with Gasteiger partial charge >= 0.3 is 0 Å². The Labute approximate surface area is 111 Å². The van der Waals surface area contributed by atoms with E-state index in [4.69, 9.17) is 10.5 Å². The first-order valence-corrected chi connectivity index (χ1v) is 6.91. The second kappa shape index (κ2) is 5.41. The summed E-state index contributed by atoms with van der Waals surface area (Å²) in [5, 5.41) is 0. The minimum Gasteiger partial charge on any atom is -0.379 e. The first-order chi connectivity index (χ1) is 8.50. The van der Waals surface area contributed by atoms with Crippen molar-refractivity contribution in [2.45, 2.75) is 57.6 Å². The molecule has 0 heterocycles. The molecular formula is C16H25NO. The van der Waals surface area contributed by atoms with Crippen molar-refractivity contribution in [1.82, 2.24) is 0 Å². The molecule has 1 unspecified atom stereocenters. The van der Waals surface area contributed by atoms with Crippen LogP contribution in [0.3, 0.4) is 0 Å². The standard InChI is InChI=1S/C16H25NO/c1-16(2,18-3)11-15(17)10-12-7-8-13-5-4-6-14(13)9-12/h7-9,15H,4-6,10-11,17H2,1-3H3. The molecule has 18 heavy (non-hydrogen) atoms. The summed E-state index contributed by atoms with van der Waals surface area (Å²) < 4.78 is 5.44. The smallest absolute Gasteiger partial charge is 0.0637 e. The Morgan fingerprint density at radius 1 is 1.28 bits per heavy atom. The van der Waals surface area contributed by atoms with Crippen LogP contribution in [-0.2, 0) is 24.0 Å². The number of hydrogen-bond acceptors (Lipinski definition) is 2. The van der Waals surface area contributed by atoms with Crippen LogP contribution in [0, 0.1) is 0 Å². The van der Waals surface area contributed by atoms with Crippen LogP contribution >= 0.6 is 0 Å². The van der Waals surface area contributed by atoms with Crippen molar-refractivity contribution in [3.8, 4) is 0 Å². The van der Waals surface area contributed by atoms with Crippen LogP contribution in [0.2, 0.25) is 0 Å². The molecular weight excluding hydrogens is 222 g/mol. The van der Waals surface area contributed by atoms with Crippen LogP contribution < -0.4 is 5.73 Å². The lowest BCUT2D eigenvalue weighted by Gasteiger charge is -2.26. The molecule has 0 spiro atoms. The third-order valence-electron chi connectivity index (χ3n) is 3.97. The highest BCUT2D eigenvalue weighted by atomic mass is 16.5. The van der Waals surface area contributed by atoms with Crippen LogP contribution in [0.15, 0.2) is 18.2 Å². The van der Waals surface area contributed by atoms with E-state index in [-0.39, 0.29) is 11.6 Å². The van der Waals surface area contributed by atoms with Crippen LogP contribution in [-0.4, -0.2) is 18.8 Å². The minimum atomic E-state index is -0.129. The first kappa shape index (κ1) is 13.6. The maximum Gasteiger partial charge on any atom is 0.0637 e. The van der Waals surface area contributed by atoms with E-state index in [1.807, 2.05) is 0 Å². The Hall–Kier alpha value is -0.860. The highest BCUT2D eigenvalue weighted by Gasteiger charge is 2.21. The zero-order valence-electron chi connectivity index (χ0n) is 11.8. The molecule has 100 valence electrons. The summed E-state index contributed by atoms with van der Waals surface area (Å²) in [6, 6.07) is 7.04. The van der Waals surface area contributed by atoms with Crippen molar-refractivity contribution in [2.75, 3.05) is 7.11 Å². The van der Waals surface area contributed by atoms with Gasteiger partial charge in [0.15, 0.2) is 0 Å². The van der Waals surface area contributed by atoms with Gasteiger partial charge in [-0.05, 0) is 62.6 Å². The Balaban J connectivity index is 1.97. The van der Waals surface area contributed by atoms with Gasteiger partial charge in [0, 0.05) is 13.2 Å². The number of methoxy groups -OCH3 is 1. The molecule has 2 heteroatoms. The molecule has 0 aromatic heterocycles. The summed E-state index contributed by atoms with van der Waals surface area (Å²) in [4.78, 5) is 0. The monoisotopic (exact) mass is 247 g/mol. The van der Waals surface area contributed by atoms with Gasteiger partial charge in [-0.2, -0.15) is 0 Å². The van der Waals surface area contributed by atoms with E-state index in [9.17, 15) is 0 Å². The van der Waals surface area contributed by atoms with Crippen molar-refractivity contribution >= 4 is 0 Å². The van der Waals surface area contributed by atoms with Crippen LogP contribution in [0.25, 0.3) is 0 Å². The summed E-state index contributed by atoms with van der Waals surface area (Å²) in [6.07, 6.45) is 5.63. The fourth-order valence-corrected chi connectivity index (χ4v) is 2.84. The van der Waals surface area contributed by atoms with Crippen LogP contribution in [0.1, 0.15) is 43.4 Å². The fourth-order valence-electron chi connectivity index (χ4n) is 2.84. The fraction of sp³-hybridized carbons (Fsp3) is 0.625. The lowest BCUT2D eigenvalue weighted by atomic mass is 9.93. The maximum absolute atomic E-state index is 6.23. The van der Waals surface area contributed by atoms with Gasteiger partial charge in [-0.3, -0.25) is 0 Å². The maximum atomic E-state index is 6.23. The minimum absolute atomic E-state index is 0.129. The molecule has 0 bridgehead atoms. The highest BCUT2D eigenvalue weighted by Crippen LogP contribution is 2.24. The lowest BCUT2D eigenvalue weighted by molar-refractivity contribution is 0.0102. The molecule has 0 saturated heterocycles. The Bertz CT molecular complexity index is 412. The summed E-state index contributed by atoms with van der Waals surface area (Å²) >= 11 is 0. The number of benzene rings is 1. The molecule has 2 nitrogen and oxygen atoms in total. The second-order valence-corrected chi connectivity index (χ2v) is 6.09. The average Bonchev–Trinajstić information content (AvgIpc) is 2.75. The Morgan fingerprint density at radius 2 is 2.00 bits per heavy atom. The van der Waals surface area contributed by atoms with E-state index in [0.29, 0.717) is 0 Å². The Morgan fingerprint density at radius 3 is 2.72 bits per heavy atom. The summed E-state index contributed by atoms with van der Waals surface area (Å²) in [5.74, 6) is 0. The van der Waals surface area contributed by atoms with Gasteiger partial charge in [0.05, 0.1) is 5.60 Å². The number of hydrogen-bond donors (Lipinski definition) is 1. The molecule has 1 aromatic carbocycles. The number of fused-ring (bicyclic) bond motifs is 1. The molecule has 1 aliphatic rings. The highest BCUT2D eigenvalue weighted by molar-refractivity contribution is 5.35. The van der Waals surface area contributed by atoms with Gasteiger partial charge in [0.25, 0.3) is 0 Å². The van der Waals surface area contributed by atoms with Crippen molar-refractivity contribution in [2.24, 2.45) is 5.73 Å². The average molecular weight is 247 g/mol. The van der Waals surface area contributed by atoms with E-state index in [1.54, 1.807) is 7.11 Å². The molecule has 0 amide bonds. The van der Waals surface area contributed by atoms with Crippen LogP contribution in [0.4, 0.5) is 0 Å². The van der Waals surface area contributed by atoms with Crippen molar-refractivity contribution in [3.63, 3.8) is 0 Å². The van der Waals surface area contributed by atoms with E-state index in [1.165, 1.54) is 36.0 Å². The predicted octanol–water partition coefficient (Wildman–Crippen LogP) is 2.86. The third kappa shape index (κ3) is 3.33. The molecule has 0 saturated carbocycles. The van der Waals surface area contributed by atoms with Gasteiger partial charge < -0.3 is 10.5 Å². The SMILES string of the molecule is COC(C)(C)CC(N)Cc1ccc2c(c1)CCC2.